The van der Waals surface area contributed by atoms with Crippen molar-refractivity contribution in [3.63, 3.8) is 0 Å². The smallest absolute Gasteiger partial charge is 0.234 e. The lowest BCUT2D eigenvalue weighted by Gasteiger charge is -2.26. The maximum Gasteiger partial charge on any atom is 0.234 e. The molecular weight excluding hydrogens is 216 g/mol. The molecule has 2 rings (SSSR count). The first kappa shape index (κ1) is 12.2. The Morgan fingerprint density at radius 2 is 2.00 bits per heavy atom. The second-order valence-corrected chi connectivity index (χ2v) is 4.09. The summed E-state index contributed by atoms with van der Waals surface area (Å²) in [6.45, 7) is 5.00. The third-order valence-electron chi connectivity index (χ3n) is 2.68. The molecule has 1 atom stereocenters. The standard InChI is InChI=1S/C14H19O3/c1-2-3-4-7-10-15-14-11-16-12-8-5-6-9-13(12)17-14/h5-6,8-9,14H,1-4,7,10-11H2. The topological polar surface area (TPSA) is 27.7 Å². The first-order valence-corrected chi connectivity index (χ1v) is 6.19. The highest BCUT2D eigenvalue weighted by atomic mass is 16.7. The summed E-state index contributed by atoms with van der Waals surface area (Å²) in [6, 6.07) is 7.66. The molecule has 1 aromatic rings. The van der Waals surface area contributed by atoms with E-state index in [9.17, 15) is 0 Å². The molecular formula is C14H19O3. The predicted molar refractivity (Wildman–Crippen MR) is 66.1 cm³/mol. The maximum absolute atomic E-state index is 5.68. The molecule has 0 N–H and O–H groups in total. The average molecular weight is 235 g/mol. The molecule has 3 nitrogen and oxygen atoms in total. The van der Waals surface area contributed by atoms with Gasteiger partial charge in [0.05, 0.1) is 6.61 Å². The molecule has 17 heavy (non-hydrogen) atoms. The number of benzene rings is 1. The van der Waals surface area contributed by atoms with Gasteiger partial charge in [0.1, 0.15) is 0 Å². The summed E-state index contributed by atoms with van der Waals surface area (Å²) in [7, 11) is 0. The minimum Gasteiger partial charge on any atom is -0.483 e. The molecule has 0 aromatic heterocycles. The number of hydrogen-bond donors (Lipinski definition) is 0. The van der Waals surface area contributed by atoms with Gasteiger partial charge in [0.15, 0.2) is 18.1 Å². The molecule has 1 unspecified atom stereocenters. The molecule has 3 heteroatoms. The van der Waals surface area contributed by atoms with Crippen molar-refractivity contribution in [1.82, 2.24) is 0 Å². The number of hydrogen-bond acceptors (Lipinski definition) is 3. The van der Waals surface area contributed by atoms with Crippen LogP contribution in [-0.4, -0.2) is 19.5 Å². The van der Waals surface area contributed by atoms with Gasteiger partial charge in [0, 0.05) is 0 Å². The Balaban J connectivity index is 1.71. The fraction of sp³-hybridized carbons (Fsp3) is 0.500. The number of fused-ring (bicyclic) bond motifs is 1. The summed E-state index contributed by atoms with van der Waals surface area (Å²) in [6.07, 6.45) is 4.10. The Morgan fingerprint density at radius 1 is 1.18 bits per heavy atom. The lowest BCUT2D eigenvalue weighted by molar-refractivity contribution is -0.116. The van der Waals surface area contributed by atoms with Crippen molar-refractivity contribution in [2.75, 3.05) is 13.2 Å². The molecule has 0 saturated carbocycles. The van der Waals surface area contributed by atoms with Gasteiger partial charge in [0.25, 0.3) is 0 Å². The number of unbranched alkanes of at least 4 members (excludes halogenated alkanes) is 3. The van der Waals surface area contributed by atoms with Gasteiger partial charge in [-0.25, -0.2) is 0 Å². The van der Waals surface area contributed by atoms with E-state index in [0.29, 0.717) is 6.61 Å². The summed E-state index contributed by atoms with van der Waals surface area (Å²) in [4.78, 5) is 0. The monoisotopic (exact) mass is 235 g/mol. The molecule has 0 bridgehead atoms. The quantitative estimate of drug-likeness (QED) is 0.709. The van der Waals surface area contributed by atoms with E-state index in [1.54, 1.807) is 0 Å². The van der Waals surface area contributed by atoms with Gasteiger partial charge in [0.2, 0.25) is 6.29 Å². The van der Waals surface area contributed by atoms with Crippen molar-refractivity contribution in [2.45, 2.75) is 32.0 Å². The SMILES string of the molecule is [CH2]CCCCCOC1COc2ccccc2O1. The third kappa shape index (κ3) is 3.63. The Labute approximate surface area is 103 Å². The fourth-order valence-electron chi connectivity index (χ4n) is 1.75. The zero-order valence-electron chi connectivity index (χ0n) is 10.1. The van der Waals surface area contributed by atoms with E-state index in [0.717, 1.165) is 43.8 Å². The van der Waals surface area contributed by atoms with Crippen molar-refractivity contribution >= 4 is 0 Å². The molecule has 0 fully saturated rings. The summed E-state index contributed by atoms with van der Waals surface area (Å²) in [5.41, 5.74) is 0. The van der Waals surface area contributed by atoms with Crippen LogP contribution in [0.3, 0.4) is 0 Å². The van der Waals surface area contributed by atoms with E-state index >= 15 is 0 Å². The van der Waals surface area contributed by atoms with Crippen LogP contribution in [0.1, 0.15) is 25.7 Å². The van der Waals surface area contributed by atoms with Gasteiger partial charge in [-0.15, -0.1) is 0 Å². The van der Waals surface area contributed by atoms with Gasteiger partial charge in [-0.2, -0.15) is 0 Å². The average Bonchev–Trinajstić information content (AvgIpc) is 2.38. The summed E-state index contributed by atoms with van der Waals surface area (Å²) < 4.78 is 16.9. The zero-order valence-corrected chi connectivity index (χ0v) is 10.1. The van der Waals surface area contributed by atoms with Crippen molar-refractivity contribution in [3.05, 3.63) is 31.2 Å². The highest BCUT2D eigenvalue weighted by Crippen LogP contribution is 2.31. The van der Waals surface area contributed by atoms with Gasteiger partial charge in [-0.3, -0.25) is 0 Å². The molecule has 1 aliphatic heterocycles. The molecule has 1 aromatic carbocycles. The summed E-state index contributed by atoms with van der Waals surface area (Å²) in [5.74, 6) is 1.56. The van der Waals surface area contributed by atoms with Crippen molar-refractivity contribution in [1.29, 1.82) is 0 Å². The van der Waals surface area contributed by atoms with Crippen molar-refractivity contribution in [3.8, 4) is 11.5 Å². The van der Waals surface area contributed by atoms with E-state index in [2.05, 4.69) is 6.92 Å². The first-order valence-electron chi connectivity index (χ1n) is 6.19. The van der Waals surface area contributed by atoms with E-state index in [4.69, 9.17) is 14.2 Å². The van der Waals surface area contributed by atoms with E-state index < -0.39 is 0 Å². The summed E-state index contributed by atoms with van der Waals surface area (Å²) in [5, 5.41) is 0. The zero-order chi connectivity index (χ0) is 11.9. The highest BCUT2D eigenvalue weighted by Gasteiger charge is 2.20. The highest BCUT2D eigenvalue weighted by molar-refractivity contribution is 5.40. The molecule has 93 valence electrons. The van der Waals surface area contributed by atoms with Crippen LogP contribution in [0.25, 0.3) is 0 Å². The van der Waals surface area contributed by atoms with E-state index in [-0.39, 0.29) is 6.29 Å². The van der Waals surface area contributed by atoms with Gasteiger partial charge < -0.3 is 14.2 Å². The molecule has 1 radical (unpaired) electrons. The van der Waals surface area contributed by atoms with Crippen LogP contribution in [0.2, 0.25) is 0 Å². The van der Waals surface area contributed by atoms with Crippen LogP contribution < -0.4 is 9.47 Å². The van der Waals surface area contributed by atoms with E-state index in [1.165, 1.54) is 0 Å². The second kappa shape index (κ2) is 6.50. The molecule has 1 aliphatic rings. The van der Waals surface area contributed by atoms with Gasteiger partial charge in [-0.05, 0) is 18.6 Å². The van der Waals surface area contributed by atoms with Crippen molar-refractivity contribution in [2.24, 2.45) is 0 Å². The number of rotatable bonds is 6. The minimum atomic E-state index is -0.273. The maximum atomic E-state index is 5.68. The lowest BCUT2D eigenvalue weighted by atomic mass is 10.2. The van der Waals surface area contributed by atoms with Crippen LogP contribution in [0.4, 0.5) is 0 Å². The Bertz CT molecular complexity index is 338. The minimum absolute atomic E-state index is 0.273. The van der Waals surface area contributed by atoms with Crippen LogP contribution >= 0.6 is 0 Å². The summed E-state index contributed by atoms with van der Waals surface area (Å²) >= 11 is 0. The normalized spacial score (nSPS) is 18.1. The van der Waals surface area contributed by atoms with Crippen molar-refractivity contribution < 1.29 is 14.2 Å². The number of ether oxygens (including phenoxy) is 3. The first-order chi connectivity index (χ1) is 8.40. The number of para-hydroxylation sites is 2. The fourth-order valence-corrected chi connectivity index (χ4v) is 1.75. The van der Waals surface area contributed by atoms with Gasteiger partial charge >= 0.3 is 0 Å². The van der Waals surface area contributed by atoms with E-state index in [1.807, 2.05) is 24.3 Å². The molecule has 0 saturated heterocycles. The Kier molecular flexibility index (Phi) is 4.68. The van der Waals surface area contributed by atoms with Crippen LogP contribution in [0, 0.1) is 6.92 Å². The third-order valence-corrected chi connectivity index (χ3v) is 2.68. The molecule has 0 aliphatic carbocycles. The molecule has 1 heterocycles. The Morgan fingerprint density at radius 3 is 2.82 bits per heavy atom. The lowest BCUT2D eigenvalue weighted by Crippen LogP contribution is -2.32. The predicted octanol–water partition coefficient (Wildman–Crippen LogP) is 3.19. The largest absolute Gasteiger partial charge is 0.483 e. The second-order valence-electron chi connectivity index (χ2n) is 4.09. The van der Waals surface area contributed by atoms with Crippen LogP contribution in [0.15, 0.2) is 24.3 Å². The van der Waals surface area contributed by atoms with Crippen LogP contribution in [0.5, 0.6) is 11.5 Å². The Hall–Kier alpha value is -1.22. The van der Waals surface area contributed by atoms with Crippen LogP contribution in [-0.2, 0) is 4.74 Å². The molecule has 0 spiro atoms. The molecule has 0 amide bonds. The van der Waals surface area contributed by atoms with Gasteiger partial charge in [-0.1, -0.05) is 38.3 Å².